The number of nitrogens with one attached hydrogen (secondary N) is 2. The largest absolute Gasteiger partial charge is 0.389 e. The Labute approximate surface area is 164 Å². The van der Waals surface area contributed by atoms with Crippen LogP contribution < -0.4 is 10.6 Å². The molecule has 0 radical (unpaired) electrons. The van der Waals surface area contributed by atoms with Gasteiger partial charge in [0.05, 0.1) is 5.60 Å². The molecule has 2 fully saturated rings. The lowest BCUT2D eigenvalue weighted by molar-refractivity contribution is -0.0469. The van der Waals surface area contributed by atoms with E-state index in [2.05, 4.69) is 40.8 Å². The van der Waals surface area contributed by atoms with Crippen molar-refractivity contribution in [3.63, 3.8) is 0 Å². The predicted octanol–water partition coefficient (Wildman–Crippen LogP) is 3.32. The van der Waals surface area contributed by atoms with Crippen molar-refractivity contribution < 1.29 is 5.11 Å². The molecule has 0 aromatic rings. The van der Waals surface area contributed by atoms with Crippen LogP contribution in [0, 0.1) is 11.8 Å². The molecule has 3 N–H and O–H groups in total. The summed E-state index contributed by atoms with van der Waals surface area (Å²) < 4.78 is 0. The van der Waals surface area contributed by atoms with E-state index in [4.69, 9.17) is 0 Å². The Morgan fingerprint density at radius 2 is 2.00 bits per heavy atom. The standard InChI is InChI=1S/C23H37N3O/c1-18-6-5-7-20-15-19(14-18)21(16-25-20)22(17-26-12-10-24-11-13-26)23(27)8-3-2-4-9-23/h7,14,16,18,22,24-25,27H,2-6,8-13,15,17H2,1H3/b19-14+,20-7+. The first kappa shape index (κ1) is 19.2. The number of piperazine rings is 1. The van der Waals surface area contributed by atoms with Crippen LogP contribution in [0.15, 0.2) is 35.2 Å². The Morgan fingerprint density at radius 1 is 1.22 bits per heavy atom. The monoisotopic (exact) mass is 371 g/mol. The number of aliphatic hydroxyl groups is 1. The first-order valence-electron chi connectivity index (χ1n) is 11.2. The van der Waals surface area contributed by atoms with Crippen LogP contribution >= 0.6 is 0 Å². The zero-order valence-electron chi connectivity index (χ0n) is 17.0. The van der Waals surface area contributed by atoms with Crippen LogP contribution in [-0.4, -0.2) is 48.3 Å². The summed E-state index contributed by atoms with van der Waals surface area (Å²) in [5.74, 6) is 0.822. The highest BCUT2D eigenvalue weighted by atomic mass is 16.3. The third kappa shape index (κ3) is 4.49. The fraction of sp³-hybridized carbons (Fsp3) is 0.739. The van der Waals surface area contributed by atoms with Crippen molar-refractivity contribution in [1.29, 1.82) is 0 Å². The van der Waals surface area contributed by atoms with E-state index in [1.165, 1.54) is 29.7 Å². The molecule has 2 bridgehead atoms. The van der Waals surface area contributed by atoms with E-state index in [1.807, 2.05) is 0 Å². The van der Waals surface area contributed by atoms with Gasteiger partial charge in [-0.1, -0.05) is 38.3 Å². The van der Waals surface area contributed by atoms with Gasteiger partial charge >= 0.3 is 0 Å². The van der Waals surface area contributed by atoms with Crippen molar-refractivity contribution >= 4 is 0 Å². The summed E-state index contributed by atoms with van der Waals surface area (Å²) in [6.45, 7) is 7.63. The van der Waals surface area contributed by atoms with Crippen LogP contribution in [0.4, 0.5) is 0 Å². The van der Waals surface area contributed by atoms with Crippen LogP contribution in [0.5, 0.6) is 0 Å². The van der Waals surface area contributed by atoms with Crippen molar-refractivity contribution in [2.24, 2.45) is 11.8 Å². The van der Waals surface area contributed by atoms with Crippen molar-refractivity contribution in [2.75, 3.05) is 32.7 Å². The second kappa shape index (κ2) is 8.50. The smallest absolute Gasteiger partial charge is 0.0729 e. The summed E-state index contributed by atoms with van der Waals surface area (Å²) in [6.07, 6.45) is 16.0. The SMILES string of the molecule is CC1/C=C2\C/C(=C\CC1)NC=C2C(CN1CCNCC1)C1(O)CCCCC1. The van der Waals surface area contributed by atoms with Crippen molar-refractivity contribution in [2.45, 2.75) is 63.9 Å². The maximum Gasteiger partial charge on any atom is 0.0729 e. The molecule has 1 saturated carbocycles. The Balaban J connectivity index is 1.65. The number of allylic oxidation sites excluding steroid dienone is 3. The number of rotatable bonds is 4. The van der Waals surface area contributed by atoms with E-state index in [1.54, 1.807) is 0 Å². The average Bonchev–Trinajstić information content (AvgIpc) is 2.67. The molecule has 1 saturated heterocycles. The lowest BCUT2D eigenvalue weighted by Crippen LogP contribution is -2.51. The number of hydrogen-bond acceptors (Lipinski definition) is 4. The maximum atomic E-state index is 11.8. The van der Waals surface area contributed by atoms with Crippen LogP contribution in [0.25, 0.3) is 0 Å². The first-order valence-corrected chi connectivity index (χ1v) is 11.2. The van der Waals surface area contributed by atoms with Crippen molar-refractivity contribution in [3.05, 3.63) is 35.2 Å². The van der Waals surface area contributed by atoms with Crippen LogP contribution in [0.1, 0.15) is 58.3 Å². The molecule has 4 rings (SSSR count). The Hall–Kier alpha value is -1.10. The molecule has 150 valence electrons. The van der Waals surface area contributed by atoms with Gasteiger partial charge in [0.25, 0.3) is 0 Å². The topological polar surface area (TPSA) is 47.5 Å². The molecule has 0 spiro atoms. The molecule has 2 aliphatic heterocycles. The van der Waals surface area contributed by atoms with Gasteiger partial charge in [-0.15, -0.1) is 0 Å². The summed E-state index contributed by atoms with van der Waals surface area (Å²) in [5.41, 5.74) is 3.63. The highest BCUT2D eigenvalue weighted by Crippen LogP contribution is 2.43. The van der Waals surface area contributed by atoms with E-state index < -0.39 is 5.60 Å². The average molecular weight is 372 g/mol. The minimum absolute atomic E-state index is 0.211. The van der Waals surface area contributed by atoms with Crippen molar-refractivity contribution in [1.82, 2.24) is 15.5 Å². The van der Waals surface area contributed by atoms with Gasteiger partial charge in [-0.2, -0.15) is 0 Å². The lowest BCUT2D eigenvalue weighted by Gasteiger charge is -2.45. The molecule has 0 aromatic heterocycles. The zero-order chi connectivity index (χ0) is 18.7. The Morgan fingerprint density at radius 3 is 2.78 bits per heavy atom. The fourth-order valence-corrected chi connectivity index (χ4v) is 5.40. The second-order valence-electron chi connectivity index (χ2n) is 9.16. The summed E-state index contributed by atoms with van der Waals surface area (Å²) in [5, 5.41) is 18.8. The molecule has 4 aliphatic rings. The van der Waals surface area contributed by atoms with Crippen LogP contribution in [0.2, 0.25) is 0 Å². The van der Waals surface area contributed by atoms with Gasteiger partial charge in [0.1, 0.15) is 0 Å². The molecule has 27 heavy (non-hydrogen) atoms. The van der Waals surface area contributed by atoms with E-state index in [0.29, 0.717) is 5.92 Å². The highest BCUT2D eigenvalue weighted by molar-refractivity contribution is 5.42. The summed E-state index contributed by atoms with van der Waals surface area (Å²) in [7, 11) is 0. The minimum atomic E-state index is -0.551. The molecule has 4 heteroatoms. The van der Waals surface area contributed by atoms with E-state index in [0.717, 1.165) is 71.2 Å². The molecule has 2 heterocycles. The number of fused-ring (bicyclic) bond motifs is 2. The first-order chi connectivity index (χ1) is 13.1. The van der Waals surface area contributed by atoms with E-state index in [-0.39, 0.29) is 5.92 Å². The van der Waals surface area contributed by atoms with Gasteiger partial charge in [-0.05, 0) is 42.7 Å². The summed E-state index contributed by atoms with van der Waals surface area (Å²) in [6, 6.07) is 0. The summed E-state index contributed by atoms with van der Waals surface area (Å²) in [4.78, 5) is 2.56. The maximum absolute atomic E-state index is 11.8. The van der Waals surface area contributed by atoms with Crippen LogP contribution in [-0.2, 0) is 0 Å². The van der Waals surface area contributed by atoms with Gasteiger partial charge in [0, 0.05) is 57.0 Å². The van der Waals surface area contributed by atoms with Gasteiger partial charge in [-0.25, -0.2) is 0 Å². The molecule has 2 atom stereocenters. The van der Waals surface area contributed by atoms with Gasteiger partial charge < -0.3 is 20.6 Å². The minimum Gasteiger partial charge on any atom is -0.389 e. The molecule has 0 aromatic carbocycles. The van der Waals surface area contributed by atoms with Gasteiger partial charge in [-0.3, -0.25) is 0 Å². The Bertz CT molecular complexity index is 609. The molecule has 2 aliphatic carbocycles. The van der Waals surface area contributed by atoms with E-state index >= 15 is 0 Å². The summed E-state index contributed by atoms with van der Waals surface area (Å²) >= 11 is 0. The fourth-order valence-electron chi connectivity index (χ4n) is 5.40. The molecular weight excluding hydrogens is 334 g/mol. The van der Waals surface area contributed by atoms with E-state index in [9.17, 15) is 5.11 Å². The molecular formula is C23H37N3O. The van der Waals surface area contributed by atoms with Gasteiger partial charge in [0.15, 0.2) is 0 Å². The third-order valence-corrected chi connectivity index (χ3v) is 7.06. The predicted molar refractivity (Wildman–Crippen MR) is 111 cm³/mol. The lowest BCUT2D eigenvalue weighted by atomic mass is 9.69. The van der Waals surface area contributed by atoms with Gasteiger partial charge in [0.2, 0.25) is 0 Å². The van der Waals surface area contributed by atoms with Crippen LogP contribution in [0.3, 0.4) is 0 Å². The van der Waals surface area contributed by atoms with Crippen molar-refractivity contribution in [3.8, 4) is 0 Å². The number of nitrogens with zero attached hydrogens (tertiary/aromatic N) is 1. The normalized spacial score (nSPS) is 34.0. The second-order valence-corrected chi connectivity index (χ2v) is 9.16. The zero-order valence-corrected chi connectivity index (χ0v) is 17.0. The highest BCUT2D eigenvalue weighted by Gasteiger charge is 2.42. The molecule has 4 nitrogen and oxygen atoms in total. The number of hydrogen-bond donors (Lipinski definition) is 3. The molecule has 2 unspecified atom stereocenters. The molecule has 0 amide bonds. The quantitative estimate of drug-likeness (QED) is 0.709. The Kier molecular flexibility index (Phi) is 6.05. The third-order valence-electron chi connectivity index (χ3n) is 7.06.